The Balaban J connectivity index is 2.28. The first-order chi connectivity index (χ1) is 8.49. The monoisotopic (exact) mass is 263 g/mol. The summed E-state index contributed by atoms with van der Waals surface area (Å²) in [5, 5.41) is 17.8. The van der Waals surface area contributed by atoms with E-state index in [0.717, 1.165) is 21.4 Å². The van der Waals surface area contributed by atoms with Crippen LogP contribution in [0.3, 0.4) is 0 Å². The third-order valence-corrected chi connectivity index (χ3v) is 3.72. The van der Waals surface area contributed by atoms with Crippen molar-refractivity contribution in [3.8, 4) is 0 Å². The van der Waals surface area contributed by atoms with Gasteiger partial charge in [-0.05, 0) is 49.4 Å². The fourth-order valence-corrected chi connectivity index (χ4v) is 2.45. The van der Waals surface area contributed by atoms with Crippen molar-refractivity contribution in [3.05, 3.63) is 35.2 Å². The highest BCUT2D eigenvalue weighted by Gasteiger charge is 2.10. The second-order valence-electron chi connectivity index (χ2n) is 3.97. The molecule has 0 amide bonds. The predicted molar refractivity (Wildman–Crippen MR) is 68.0 cm³/mol. The average molecular weight is 263 g/mol. The summed E-state index contributed by atoms with van der Waals surface area (Å²) in [5.74, 6) is -0.0602. The maximum absolute atomic E-state index is 10.9. The quantitative estimate of drug-likeness (QED) is 0.920. The lowest BCUT2D eigenvalue weighted by atomic mass is 10.1. The fourth-order valence-electron chi connectivity index (χ4n) is 1.52. The molecule has 1 aromatic heterocycles. The van der Waals surface area contributed by atoms with Crippen LogP contribution in [-0.4, -0.2) is 25.8 Å². The van der Waals surface area contributed by atoms with Crippen molar-refractivity contribution in [2.45, 2.75) is 23.9 Å². The molecule has 0 aliphatic rings. The second-order valence-corrected chi connectivity index (χ2v) is 5.01. The number of hydrogen-bond acceptors (Lipinski definition) is 4. The van der Waals surface area contributed by atoms with Crippen LogP contribution in [0.1, 0.15) is 21.7 Å². The number of aryl methyl sites for hydroxylation is 2. The van der Waals surface area contributed by atoms with Crippen LogP contribution in [0.15, 0.2) is 28.3 Å². The third-order valence-electron chi connectivity index (χ3n) is 2.69. The molecule has 0 spiro atoms. The van der Waals surface area contributed by atoms with Gasteiger partial charge in [-0.1, -0.05) is 0 Å². The largest absolute Gasteiger partial charge is 0.478 e. The van der Waals surface area contributed by atoms with Gasteiger partial charge in [0.1, 0.15) is 5.82 Å². The van der Waals surface area contributed by atoms with Gasteiger partial charge in [0.05, 0.1) is 5.56 Å². The van der Waals surface area contributed by atoms with Crippen LogP contribution >= 0.6 is 11.8 Å². The van der Waals surface area contributed by atoms with E-state index >= 15 is 0 Å². The zero-order chi connectivity index (χ0) is 13.3. The predicted octanol–water partition coefficient (Wildman–Crippen LogP) is 2.28. The highest BCUT2D eigenvalue weighted by atomic mass is 32.2. The Hall–Kier alpha value is -1.82. The van der Waals surface area contributed by atoms with Crippen molar-refractivity contribution in [1.29, 1.82) is 0 Å². The van der Waals surface area contributed by atoms with Crippen LogP contribution in [0.2, 0.25) is 0 Å². The first-order valence-electron chi connectivity index (χ1n) is 5.37. The summed E-state index contributed by atoms with van der Waals surface area (Å²) in [6.07, 6.45) is 0. The number of aromatic carboxylic acids is 1. The molecule has 5 nitrogen and oxygen atoms in total. The van der Waals surface area contributed by atoms with Gasteiger partial charge >= 0.3 is 5.97 Å². The molecule has 2 aromatic rings. The van der Waals surface area contributed by atoms with Gasteiger partial charge in [0.15, 0.2) is 5.16 Å². The summed E-state index contributed by atoms with van der Waals surface area (Å²) in [4.78, 5) is 11.9. The molecule has 0 fully saturated rings. The molecule has 2 rings (SSSR count). The number of carboxylic acid groups (broad SMARTS) is 1. The van der Waals surface area contributed by atoms with Crippen molar-refractivity contribution in [1.82, 2.24) is 14.8 Å². The second kappa shape index (κ2) is 4.81. The lowest BCUT2D eigenvalue weighted by molar-refractivity contribution is 0.0696. The Morgan fingerprint density at radius 3 is 2.56 bits per heavy atom. The van der Waals surface area contributed by atoms with Crippen LogP contribution in [0.25, 0.3) is 0 Å². The van der Waals surface area contributed by atoms with E-state index < -0.39 is 5.97 Å². The lowest BCUT2D eigenvalue weighted by Crippen LogP contribution is -1.99. The summed E-state index contributed by atoms with van der Waals surface area (Å²) in [6, 6.07) is 5.24. The number of carbonyl (C=O) groups is 1. The summed E-state index contributed by atoms with van der Waals surface area (Å²) < 4.78 is 1.89. The first kappa shape index (κ1) is 12.6. The van der Waals surface area contributed by atoms with E-state index in [-0.39, 0.29) is 0 Å². The van der Waals surface area contributed by atoms with Gasteiger partial charge in [-0.3, -0.25) is 0 Å². The Labute approximate surface area is 109 Å². The maximum atomic E-state index is 10.9. The molecule has 1 aromatic carbocycles. The van der Waals surface area contributed by atoms with E-state index in [0.29, 0.717) is 5.56 Å². The van der Waals surface area contributed by atoms with Crippen LogP contribution in [0.5, 0.6) is 0 Å². The Morgan fingerprint density at radius 2 is 2.06 bits per heavy atom. The van der Waals surface area contributed by atoms with Gasteiger partial charge in [0, 0.05) is 11.9 Å². The Kier molecular flexibility index (Phi) is 3.38. The van der Waals surface area contributed by atoms with Crippen LogP contribution in [0, 0.1) is 13.8 Å². The van der Waals surface area contributed by atoms with Crippen molar-refractivity contribution in [3.63, 3.8) is 0 Å². The van der Waals surface area contributed by atoms with Crippen LogP contribution < -0.4 is 0 Å². The molecule has 0 saturated carbocycles. The molecule has 0 bridgehead atoms. The minimum atomic E-state index is -0.904. The molecule has 18 heavy (non-hydrogen) atoms. The fraction of sp³-hybridized carbons (Fsp3) is 0.250. The average Bonchev–Trinajstić information content (AvgIpc) is 2.61. The molecule has 0 unspecified atom stereocenters. The summed E-state index contributed by atoms with van der Waals surface area (Å²) in [7, 11) is 1.90. The Morgan fingerprint density at radius 1 is 1.33 bits per heavy atom. The molecule has 0 atom stereocenters. The minimum Gasteiger partial charge on any atom is -0.478 e. The first-order valence-corrected chi connectivity index (χ1v) is 6.18. The number of nitrogens with zero attached hydrogens (tertiary/aromatic N) is 3. The molecule has 6 heteroatoms. The summed E-state index contributed by atoms with van der Waals surface area (Å²) >= 11 is 1.47. The number of carboxylic acids is 1. The molecule has 0 radical (unpaired) electrons. The molecular formula is C12H13N3O2S. The summed E-state index contributed by atoms with van der Waals surface area (Å²) in [5.41, 5.74) is 1.07. The van der Waals surface area contributed by atoms with E-state index in [1.165, 1.54) is 11.8 Å². The number of hydrogen-bond donors (Lipinski definition) is 1. The van der Waals surface area contributed by atoms with Crippen molar-refractivity contribution < 1.29 is 9.90 Å². The summed E-state index contributed by atoms with van der Waals surface area (Å²) in [6.45, 7) is 3.67. The van der Waals surface area contributed by atoms with Crippen LogP contribution in [-0.2, 0) is 7.05 Å². The van der Waals surface area contributed by atoms with E-state index in [9.17, 15) is 4.79 Å². The van der Waals surface area contributed by atoms with Crippen molar-refractivity contribution >= 4 is 17.7 Å². The zero-order valence-corrected chi connectivity index (χ0v) is 11.2. The lowest BCUT2D eigenvalue weighted by Gasteiger charge is -2.05. The Bertz CT molecular complexity index is 607. The van der Waals surface area contributed by atoms with Gasteiger partial charge in [-0.25, -0.2) is 4.79 Å². The standard InChI is InChI=1S/C12H13N3O2S/c1-7-6-9(4-5-10(7)11(16)17)18-12-14-13-8(2)15(12)3/h4-6H,1-3H3,(H,16,17). The maximum Gasteiger partial charge on any atom is 0.335 e. The number of aromatic nitrogens is 3. The topological polar surface area (TPSA) is 68.0 Å². The van der Waals surface area contributed by atoms with E-state index in [4.69, 9.17) is 5.11 Å². The van der Waals surface area contributed by atoms with Gasteiger partial charge in [0.25, 0.3) is 0 Å². The highest BCUT2D eigenvalue weighted by molar-refractivity contribution is 7.99. The van der Waals surface area contributed by atoms with Crippen molar-refractivity contribution in [2.24, 2.45) is 7.05 Å². The highest BCUT2D eigenvalue weighted by Crippen LogP contribution is 2.27. The van der Waals surface area contributed by atoms with E-state index in [1.54, 1.807) is 19.1 Å². The molecule has 0 saturated heterocycles. The minimum absolute atomic E-state index is 0.327. The van der Waals surface area contributed by atoms with Crippen LogP contribution in [0.4, 0.5) is 0 Å². The van der Waals surface area contributed by atoms with E-state index in [1.807, 2.05) is 24.6 Å². The molecule has 94 valence electrons. The number of rotatable bonds is 3. The van der Waals surface area contributed by atoms with Gasteiger partial charge in [0.2, 0.25) is 0 Å². The van der Waals surface area contributed by atoms with Crippen molar-refractivity contribution in [2.75, 3.05) is 0 Å². The third kappa shape index (κ3) is 2.38. The van der Waals surface area contributed by atoms with Gasteiger partial charge in [-0.2, -0.15) is 0 Å². The smallest absolute Gasteiger partial charge is 0.335 e. The zero-order valence-electron chi connectivity index (χ0n) is 10.3. The molecule has 0 aliphatic carbocycles. The molecule has 1 heterocycles. The normalized spacial score (nSPS) is 10.6. The van der Waals surface area contributed by atoms with E-state index in [2.05, 4.69) is 10.2 Å². The molecule has 0 aliphatic heterocycles. The number of benzene rings is 1. The van der Waals surface area contributed by atoms with Gasteiger partial charge < -0.3 is 9.67 Å². The van der Waals surface area contributed by atoms with Gasteiger partial charge in [-0.15, -0.1) is 10.2 Å². The molecular weight excluding hydrogens is 250 g/mol. The molecule has 1 N–H and O–H groups in total. The SMILES string of the molecule is Cc1cc(Sc2nnc(C)n2C)ccc1C(=O)O.